The Morgan fingerprint density at radius 3 is 2.95 bits per heavy atom. The average Bonchev–Trinajstić information content (AvgIpc) is 2.39. The number of rotatable bonds is 4. The van der Waals surface area contributed by atoms with Crippen LogP contribution in [0, 0.1) is 15.9 Å². The molecule has 19 heavy (non-hydrogen) atoms. The van der Waals surface area contributed by atoms with Gasteiger partial charge in [0.25, 0.3) is 0 Å². The van der Waals surface area contributed by atoms with Gasteiger partial charge in [-0.05, 0) is 23.8 Å². The van der Waals surface area contributed by atoms with Gasteiger partial charge in [-0.25, -0.2) is 9.37 Å². The molecule has 1 aromatic carbocycles. The minimum Gasteiger partial charge on any atom is -0.258 e. The molecule has 1 aromatic heterocycles. The van der Waals surface area contributed by atoms with Gasteiger partial charge in [0.1, 0.15) is 5.82 Å². The van der Waals surface area contributed by atoms with E-state index in [-0.39, 0.29) is 17.3 Å². The zero-order valence-corrected chi connectivity index (χ0v) is 9.65. The van der Waals surface area contributed by atoms with Crippen molar-refractivity contribution in [2.75, 3.05) is 5.43 Å². The first-order valence-corrected chi connectivity index (χ1v) is 5.31. The molecule has 0 aliphatic heterocycles. The third kappa shape index (κ3) is 3.32. The molecule has 0 bridgehead atoms. The summed E-state index contributed by atoms with van der Waals surface area (Å²) in [5.74, 6) is -0.354. The Bertz CT molecular complexity index is 631. The second-order valence-corrected chi connectivity index (χ2v) is 3.55. The Balaban J connectivity index is 2.13. The molecule has 1 heterocycles. The van der Waals surface area contributed by atoms with Crippen molar-refractivity contribution in [3.05, 3.63) is 64.1 Å². The summed E-state index contributed by atoms with van der Waals surface area (Å²) >= 11 is 0. The molecule has 7 heteroatoms. The molecule has 1 N–H and O–H groups in total. The number of aromatic nitrogens is 1. The lowest BCUT2D eigenvalue weighted by atomic mass is 10.2. The highest BCUT2D eigenvalue weighted by atomic mass is 19.1. The van der Waals surface area contributed by atoms with Gasteiger partial charge in [0, 0.05) is 12.3 Å². The fourth-order valence-electron chi connectivity index (χ4n) is 1.39. The van der Waals surface area contributed by atoms with Crippen LogP contribution in [0.5, 0.6) is 0 Å². The van der Waals surface area contributed by atoms with Crippen molar-refractivity contribution >= 4 is 17.7 Å². The lowest BCUT2D eigenvalue weighted by Gasteiger charge is -1.99. The number of nitrogens with zero attached hydrogens (tertiary/aromatic N) is 3. The van der Waals surface area contributed by atoms with E-state index in [1.807, 2.05) is 0 Å². The van der Waals surface area contributed by atoms with Crippen LogP contribution in [0.3, 0.4) is 0 Å². The summed E-state index contributed by atoms with van der Waals surface area (Å²) in [7, 11) is 0. The number of halogens is 1. The van der Waals surface area contributed by atoms with Crippen LogP contribution in [-0.2, 0) is 0 Å². The monoisotopic (exact) mass is 260 g/mol. The second-order valence-electron chi connectivity index (χ2n) is 3.55. The summed E-state index contributed by atoms with van der Waals surface area (Å²) in [6.07, 6.45) is 2.76. The van der Waals surface area contributed by atoms with E-state index in [4.69, 9.17) is 0 Å². The van der Waals surface area contributed by atoms with E-state index in [1.165, 1.54) is 36.7 Å². The van der Waals surface area contributed by atoms with Gasteiger partial charge in [0.2, 0.25) is 5.82 Å². The van der Waals surface area contributed by atoms with Gasteiger partial charge in [-0.15, -0.1) is 0 Å². The second kappa shape index (κ2) is 5.67. The minimum atomic E-state index is -0.562. The van der Waals surface area contributed by atoms with Crippen LogP contribution in [0.1, 0.15) is 5.56 Å². The number of hydrogen-bond donors (Lipinski definition) is 1. The third-order valence-electron chi connectivity index (χ3n) is 2.22. The quantitative estimate of drug-likeness (QED) is 0.520. The van der Waals surface area contributed by atoms with Gasteiger partial charge in [0.05, 0.1) is 11.1 Å². The average molecular weight is 260 g/mol. The first-order valence-electron chi connectivity index (χ1n) is 5.31. The molecule has 0 saturated carbocycles. The molecule has 0 saturated heterocycles. The Labute approximate surface area is 107 Å². The summed E-state index contributed by atoms with van der Waals surface area (Å²) < 4.78 is 12.9. The molecule has 0 spiro atoms. The van der Waals surface area contributed by atoms with Gasteiger partial charge in [-0.3, -0.25) is 15.5 Å². The third-order valence-corrected chi connectivity index (χ3v) is 2.22. The molecule has 0 fully saturated rings. The van der Waals surface area contributed by atoms with E-state index in [2.05, 4.69) is 15.5 Å². The fraction of sp³-hybridized carbons (Fsp3) is 0. The lowest BCUT2D eigenvalue weighted by Crippen LogP contribution is -1.99. The Kier molecular flexibility index (Phi) is 3.77. The number of pyridine rings is 1. The standard InChI is InChI=1S/C12H9FN4O2/c13-10-4-1-3-9(7-10)8-15-16-12-11(17(18)19)5-2-6-14-12/h1-8H,(H,14,16)/b15-8-. The van der Waals surface area contributed by atoms with Crippen molar-refractivity contribution in [3.8, 4) is 0 Å². The van der Waals surface area contributed by atoms with Crippen LogP contribution in [0.2, 0.25) is 0 Å². The fourth-order valence-corrected chi connectivity index (χ4v) is 1.39. The zero-order chi connectivity index (χ0) is 13.7. The van der Waals surface area contributed by atoms with Crippen LogP contribution in [0.4, 0.5) is 15.9 Å². The normalized spacial score (nSPS) is 10.6. The van der Waals surface area contributed by atoms with Crippen molar-refractivity contribution in [1.82, 2.24) is 4.98 Å². The Hall–Kier alpha value is -2.83. The van der Waals surface area contributed by atoms with Gasteiger partial charge < -0.3 is 0 Å². The van der Waals surface area contributed by atoms with Crippen LogP contribution in [-0.4, -0.2) is 16.1 Å². The van der Waals surface area contributed by atoms with Crippen LogP contribution < -0.4 is 5.43 Å². The van der Waals surface area contributed by atoms with E-state index in [0.29, 0.717) is 5.56 Å². The predicted molar refractivity (Wildman–Crippen MR) is 68.5 cm³/mol. The molecule has 0 aliphatic rings. The van der Waals surface area contributed by atoms with Crippen LogP contribution in [0.25, 0.3) is 0 Å². The van der Waals surface area contributed by atoms with Gasteiger partial charge in [-0.1, -0.05) is 12.1 Å². The van der Waals surface area contributed by atoms with Gasteiger partial charge >= 0.3 is 5.69 Å². The Morgan fingerprint density at radius 1 is 1.37 bits per heavy atom. The van der Waals surface area contributed by atoms with E-state index in [1.54, 1.807) is 12.1 Å². The highest BCUT2D eigenvalue weighted by molar-refractivity contribution is 5.80. The van der Waals surface area contributed by atoms with Gasteiger partial charge in [0.15, 0.2) is 0 Å². The maximum Gasteiger partial charge on any atom is 0.313 e. The van der Waals surface area contributed by atoms with Crippen LogP contribution >= 0.6 is 0 Å². The summed E-state index contributed by atoms with van der Waals surface area (Å²) in [5, 5.41) is 14.5. The number of anilines is 1. The van der Waals surface area contributed by atoms with Crippen molar-refractivity contribution in [3.63, 3.8) is 0 Å². The number of nitrogens with one attached hydrogen (secondary N) is 1. The Morgan fingerprint density at radius 2 is 2.21 bits per heavy atom. The summed E-state index contributed by atoms with van der Waals surface area (Å²) in [6.45, 7) is 0. The number of benzene rings is 1. The predicted octanol–water partition coefficient (Wildman–Crippen LogP) is 2.57. The molecule has 0 atom stereocenters. The molecule has 0 radical (unpaired) electrons. The lowest BCUT2D eigenvalue weighted by molar-refractivity contribution is -0.384. The zero-order valence-electron chi connectivity index (χ0n) is 9.65. The number of hydrazone groups is 1. The van der Waals surface area contributed by atoms with Gasteiger partial charge in [-0.2, -0.15) is 5.10 Å². The maximum atomic E-state index is 12.9. The number of hydrogen-bond acceptors (Lipinski definition) is 5. The molecule has 96 valence electrons. The molecular weight excluding hydrogens is 251 g/mol. The largest absolute Gasteiger partial charge is 0.313 e. The van der Waals surface area contributed by atoms with E-state index in [0.717, 1.165) is 0 Å². The minimum absolute atomic E-state index is 0.0279. The topological polar surface area (TPSA) is 80.4 Å². The highest BCUT2D eigenvalue weighted by Gasteiger charge is 2.12. The summed E-state index contributed by atoms with van der Waals surface area (Å²) in [5.41, 5.74) is 2.81. The molecule has 2 rings (SSSR count). The first-order chi connectivity index (χ1) is 9.16. The summed E-state index contributed by atoms with van der Waals surface area (Å²) in [4.78, 5) is 14.0. The SMILES string of the molecule is O=[N+]([O-])c1cccnc1N/N=C\c1cccc(F)c1. The van der Waals surface area contributed by atoms with Crippen molar-refractivity contribution in [2.24, 2.45) is 5.10 Å². The molecule has 6 nitrogen and oxygen atoms in total. The van der Waals surface area contributed by atoms with E-state index < -0.39 is 4.92 Å². The molecule has 0 amide bonds. The smallest absolute Gasteiger partial charge is 0.258 e. The van der Waals surface area contributed by atoms with Crippen LogP contribution in [0.15, 0.2) is 47.7 Å². The number of nitro groups is 1. The van der Waals surface area contributed by atoms with Crippen molar-refractivity contribution < 1.29 is 9.31 Å². The van der Waals surface area contributed by atoms with Crippen molar-refractivity contribution in [1.29, 1.82) is 0 Å². The highest BCUT2D eigenvalue weighted by Crippen LogP contribution is 2.19. The van der Waals surface area contributed by atoms with Crippen molar-refractivity contribution in [2.45, 2.75) is 0 Å². The molecular formula is C12H9FN4O2. The molecule has 0 aliphatic carbocycles. The molecule has 2 aromatic rings. The first kappa shape index (κ1) is 12.6. The van der Waals surface area contributed by atoms with E-state index in [9.17, 15) is 14.5 Å². The summed E-state index contributed by atoms with van der Waals surface area (Å²) in [6, 6.07) is 8.57. The maximum absolute atomic E-state index is 12.9. The molecule has 0 unspecified atom stereocenters. The van der Waals surface area contributed by atoms with E-state index >= 15 is 0 Å².